The van der Waals surface area contributed by atoms with Crippen molar-refractivity contribution in [2.24, 2.45) is 0 Å². The molecule has 0 saturated carbocycles. The van der Waals surface area contributed by atoms with Gasteiger partial charge in [0.25, 0.3) is 0 Å². The van der Waals surface area contributed by atoms with Crippen molar-refractivity contribution in [2.45, 2.75) is 71.5 Å². The second-order valence-electron chi connectivity index (χ2n) is 7.54. The summed E-state index contributed by atoms with van der Waals surface area (Å²) in [6.07, 6.45) is 2.40. The molecule has 0 N–H and O–H groups in total. The predicted octanol–water partition coefficient (Wildman–Crippen LogP) is 4.05. The van der Waals surface area contributed by atoms with E-state index >= 15 is 0 Å². The molecule has 0 aromatic heterocycles. The molecule has 0 radical (unpaired) electrons. The van der Waals surface area contributed by atoms with E-state index in [2.05, 4.69) is 70.7 Å². The van der Waals surface area contributed by atoms with Gasteiger partial charge in [0.15, 0.2) is 0 Å². The average molecular weight is 245 g/mol. The third-order valence-electron chi connectivity index (χ3n) is 3.84. The van der Waals surface area contributed by atoms with Crippen LogP contribution >= 0.6 is 0 Å². The summed E-state index contributed by atoms with van der Waals surface area (Å²) >= 11 is 0. The first-order chi connectivity index (χ1) is 8.19. The molecule has 1 nitrogen and oxygen atoms in total. The minimum atomic E-state index is 0.213. The van der Waals surface area contributed by atoms with E-state index in [9.17, 15) is 0 Å². The highest BCUT2D eigenvalue weighted by molar-refractivity contribution is 5.33. The number of nitrogens with zero attached hydrogens (tertiary/aromatic N) is 1. The first-order valence-electron chi connectivity index (χ1n) is 7.06. The third-order valence-corrected chi connectivity index (χ3v) is 3.84. The van der Waals surface area contributed by atoms with E-state index in [-0.39, 0.29) is 11.1 Å². The zero-order valence-corrected chi connectivity index (χ0v) is 12.7. The minimum Gasteiger partial charge on any atom is -0.290 e. The molecule has 0 spiro atoms. The number of hydrogen-bond donors (Lipinski definition) is 0. The van der Waals surface area contributed by atoms with Gasteiger partial charge in [-0.15, -0.1) is 0 Å². The topological polar surface area (TPSA) is 3.24 Å². The maximum atomic E-state index is 2.69. The van der Waals surface area contributed by atoms with Gasteiger partial charge in [-0.25, -0.2) is 0 Å². The van der Waals surface area contributed by atoms with Gasteiger partial charge in [0.05, 0.1) is 0 Å². The number of hydrogen-bond acceptors (Lipinski definition) is 1. The van der Waals surface area contributed by atoms with Gasteiger partial charge >= 0.3 is 0 Å². The van der Waals surface area contributed by atoms with Gasteiger partial charge in [-0.3, -0.25) is 4.90 Å². The molecule has 0 fully saturated rings. The van der Waals surface area contributed by atoms with Gasteiger partial charge in [0.2, 0.25) is 0 Å². The first-order valence-corrected chi connectivity index (χ1v) is 7.06. The van der Waals surface area contributed by atoms with Crippen LogP contribution in [0.5, 0.6) is 0 Å². The largest absolute Gasteiger partial charge is 0.290 e. The van der Waals surface area contributed by atoms with E-state index in [0.29, 0.717) is 6.04 Å². The molecule has 0 bridgehead atoms. The Kier molecular flexibility index (Phi) is 3.31. The summed E-state index contributed by atoms with van der Waals surface area (Å²) in [6, 6.07) is 9.55. The highest BCUT2D eigenvalue weighted by atomic mass is 15.3. The molecule has 1 aromatic carbocycles. The summed E-state index contributed by atoms with van der Waals surface area (Å²) in [4.78, 5) is 2.69. The van der Waals surface area contributed by atoms with E-state index in [1.54, 1.807) is 11.1 Å². The van der Waals surface area contributed by atoms with Crippen LogP contribution in [0.4, 0.5) is 0 Å². The maximum Gasteiger partial charge on any atom is 0.0187 e. The standard InChI is InChI=1S/C17H27N/c1-16(2,3)18(17(4,5)6)15-11-13-9-7-8-10-14(13)12-15/h7-10,15H,11-12H2,1-6H3. The van der Waals surface area contributed by atoms with Crippen LogP contribution in [0, 0.1) is 0 Å². The lowest BCUT2D eigenvalue weighted by Crippen LogP contribution is -2.57. The van der Waals surface area contributed by atoms with Crippen LogP contribution in [0.25, 0.3) is 0 Å². The summed E-state index contributed by atoms with van der Waals surface area (Å²) in [6.45, 7) is 14.0. The van der Waals surface area contributed by atoms with Crippen molar-refractivity contribution in [3.63, 3.8) is 0 Å². The fraction of sp³-hybridized carbons (Fsp3) is 0.647. The molecule has 0 unspecified atom stereocenters. The third kappa shape index (κ3) is 2.61. The van der Waals surface area contributed by atoms with Crippen LogP contribution in [0.2, 0.25) is 0 Å². The number of benzene rings is 1. The van der Waals surface area contributed by atoms with Crippen molar-refractivity contribution in [1.82, 2.24) is 4.90 Å². The average Bonchev–Trinajstić information content (AvgIpc) is 2.54. The predicted molar refractivity (Wildman–Crippen MR) is 79.0 cm³/mol. The van der Waals surface area contributed by atoms with E-state index in [0.717, 1.165) is 0 Å². The molecule has 0 aliphatic heterocycles. The smallest absolute Gasteiger partial charge is 0.0187 e. The van der Waals surface area contributed by atoms with Gasteiger partial charge in [-0.05, 0) is 65.5 Å². The second-order valence-corrected chi connectivity index (χ2v) is 7.54. The Hall–Kier alpha value is -0.820. The molecule has 0 saturated heterocycles. The maximum absolute atomic E-state index is 2.69. The Bertz CT molecular complexity index is 381. The number of fused-ring (bicyclic) bond motifs is 1. The van der Waals surface area contributed by atoms with E-state index < -0.39 is 0 Å². The van der Waals surface area contributed by atoms with Gasteiger partial charge in [-0.1, -0.05) is 24.3 Å². The molecular formula is C17H27N. The summed E-state index contributed by atoms with van der Waals surface area (Å²) < 4.78 is 0. The van der Waals surface area contributed by atoms with Gasteiger partial charge in [-0.2, -0.15) is 0 Å². The van der Waals surface area contributed by atoms with Gasteiger partial charge < -0.3 is 0 Å². The Morgan fingerprint density at radius 2 is 1.22 bits per heavy atom. The summed E-state index contributed by atoms with van der Waals surface area (Å²) in [5.74, 6) is 0. The zero-order chi connectivity index (χ0) is 13.6. The van der Waals surface area contributed by atoms with Crippen molar-refractivity contribution < 1.29 is 0 Å². The Balaban J connectivity index is 2.27. The van der Waals surface area contributed by atoms with Crippen LogP contribution < -0.4 is 0 Å². The van der Waals surface area contributed by atoms with Crippen LogP contribution in [0.3, 0.4) is 0 Å². The van der Waals surface area contributed by atoms with Crippen LogP contribution in [-0.2, 0) is 12.8 Å². The van der Waals surface area contributed by atoms with E-state index in [1.807, 2.05) is 0 Å². The molecule has 1 aliphatic rings. The highest BCUT2D eigenvalue weighted by Gasteiger charge is 2.39. The lowest BCUT2D eigenvalue weighted by molar-refractivity contribution is -0.00176. The van der Waals surface area contributed by atoms with Crippen molar-refractivity contribution >= 4 is 0 Å². The lowest BCUT2D eigenvalue weighted by Gasteiger charge is -2.49. The second kappa shape index (κ2) is 4.38. The SMILES string of the molecule is CC(C)(C)N(C1Cc2ccccc2C1)C(C)(C)C. The van der Waals surface area contributed by atoms with Crippen molar-refractivity contribution in [2.75, 3.05) is 0 Å². The van der Waals surface area contributed by atoms with Crippen molar-refractivity contribution in [3.8, 4) is 0 Å². The molecule has 1 aromatic rings. The molecular weight excluding hydrogens is 218 g/mol. The number of rotatable bonds is 1. The van der Waals surface area contributed by atoms with Crippen molar-refractivity contribution in [3.05, 3.63) is 35.4 Å². The fourth-order valence-electron chi connectivity index (χ4n) is 3.82. The van der Waals surface area contributed by atoms with Crippen LogP contribution in [-0.4, -0.2) is 22.0 Å². The summed E-state index contributed by atoms with van der Waals surface area (Å²) in [5, 5.41) is 0. The normalized spacial score (nSPS) is 17.3. The van der Waals surface area contributed by atoms with Crippen LogP contribution in [0.15, 0.2) is 24.3 Å². The molecule has 0 heterocycles. The summed E-state index contributed by atoms with van der Waals surface area (Å²) in [5.41, 5.74) is 3.51. The van der Waals surface area contributed by atoms with Crippen LogP contribution in [0.1, 0.15) is 52.7 Å². The Morgan fingerprint density at radius 1 is 0.833 bits per heavy atom. The molecule has 0 amide bonds. The molecule has 100 valence electrons. The fourth-order valence-corrected chi connectivity index (χ4v) is 3.82. The highest BCUT2D eigenvalue weighted by Crippen LogP contribution is 2.34. The Morgan fingerprint density at radius 3 is 1.56 bits per heavy atom. The van der Waals surface area contributed by atoms with Crippen molar-refractivity contribution in [1.29, 1.82) is 0 Å². The van der Waals surface area contributed by atoms with E-state index in [4.69, 9.17) is 0 Å². The zero-order valence-electron chi connectivity index (χ0n) is 12.7. The minimum absolute atomic E-state index is 0.213. The molecule has 1 heteroatoms. The molecule has 0 atom stereocenters. The van der Waals surface area contributed by atoms with Gasteiger partial charge in [0.1, 0.15) is 0 Å². The first kappa shape index (κ1) is 13.6. The van der Waals surface area contributed by atoms with Gasteiger partial charge in [0, 0.05) is 17.1 Å². The van der Waals surface area contributed by atoms with E-state index in [1.165, 1.54) is 12.8 Å². The monoisotopic (exact) mass is 245 g/mol. The molecule has 18 heavy (non-hydrogen) atoms. The lowest BCUT2D eigenvalue weighted by atomic mass is 9.92. The summed E-state index contributed by atoms with van der Waals surface area (Å²) in [7, 11) is 0. The molecule has 2 rings (SSSR count). The Labute approximate surface area is 112 Å². The molecule has 1 aliphatic carbocycles. The quantitative estimate of drug-likeness (QED) is 0.721.